The lowest BCUT2D eigenvalue weighted by atomic mass is 10.1. The molecule has 0 unspecified atom stereocenters. The Morgan fingerprint density at radius 1 is 1.50 bits per heavy atom. The molecular formula is C11H12N4O. The van der Waals surface area contributed by atoms with Gasteiger partial charge in [-0.05, 0) is 24.6 Å². The molecule has 0 fully saturated rings. The standard InChI is InChI=1S/C11H12N4O/c1-7-8(10(12)16)3-2-4-9(7)15-11-13-5-6-14-11/h2-6H,1H3,(H2,12,16)(H2,13,14,15). The zero-order valence-electron chi connectivity index (χ0n) is 8.82. The van der Waals surface area contributed by atoms with Crippen LogP contribution in [0, 0.1) is 6.92 Å². The third kappa shape index (κ3) is 1.88. The SMILES string of the molecule is Cc1c(Nc2ncc[nH]2)cccc1C(N)=O. The first-order valence-corrected chi connectivity index (χ1v) is 4.84. The zero-order valence-corrected chi connectivity index (χ0v) is 8.82. The van der Waals surface area contributed by atoms with Crippen LogP contribution in [0.25, 0.3) is 0 Å². The summed E-state index contributed by atoms with van der Waals surface area (Å²) in [5, 5.41) is 3.07. The van der Waals surface area contributed by atoms with Crippen molar-refractivity contribution < 1.29 is 4.79 Å². The van der Waals surface area contributed by atoms with Gasteiger partial charge < -0.3 is 16.0 Å². The van der Waals surface area contributed by atoms with Gasteiger partial charge in [-0.3, -0.25) is 4.79 Å². The normalized spacial score (nSPS) is 10.1. The Bertz CT molecular complexity index is 505. The Kier molecular flexibility index (Phi) is 2.59. The molecule has 0 saturated heterocycles. The van der Waals surface area contributed by atoms with E-state index in [4.69, 9.17) is 5.73 Å². The highest BCUT2D eigenvalue weighted by atomic mass is 16.1. The molecule has 0 radical (unpaired) electrons. The second-order valence-electron chi connectivity index (χ2n) is 3.41. The molecule has 0 saturated carbocycles. The number of benzene rings is 1. The van der Waals surface area contributed by atoms with Crippen molar-refractivity contribution in [2.24, 2.45) is 5.73 Å². The van der Waals surface area contributed by atoms with Gasteiger partial charge in [0.15, 0.2) is 0 Å². The zero-order chi connectivity index (χ0) is 11.5. The van der Waals surface area contributed by atoms with Gasteiger partial charge in [0.25, 0.3) is 0 Å². The van der Waals surface area contributed by atoms with Crippen molar-refractivity contribution in [3.05, 3.63) is 41.7 Å². The predicted molar refractivity (Wildman–Crippen MR) is 61.6 cm³/mol. The van der Waals surface area contributed by atoms with E-state index in [-0.39, 0.29) is 0 Å². The number of carbonyl (C=O) groups excluding carboxylic acids is 1. The van der Waals surface area contributed by atoms with Gasteiger partial charge in [0.2, 0.25) is 11.9 Å². The molecule has 0 atom stereocenters. The van der Waals surface area contributed by atoms with Crippen LogP contribution in [0.4, 0.5) is 11.6 Å². The maximum Gasteiger partial charge on any atom is 0.249 e. The summed E-state index contributed by atoms with van der Waals surface area (Å²) in [6.07, 6.45) is 3.37. The lowest BCUT2D eigenvalue weighted by Gasteiger charge is -2.09. The highest BCUT2D eigenvalue weighted by molar-refractivity contribution is 5.95. The second kappa shape index (κ2) is 4.06. The Hall–Kier alpha value is -2.30. The number of anilines is 2. The van der Waals surface area contributed by atoms with Crippen molar-refractivity contribution >= 4 is 17.5 Å². The van der Waals surface area contributed by atoms with Crippen molar-refractivity contribution in [2.75, 3.05) is 5.32 Å². The minimum Gasteiger partial charge on any atom is -0.366 e. The molecule has 0 aliphatic rings. The molecule has 4 N–H and O–H groups in total. The molecule has 1 aromatic heterocycles. The van der Waals surface area contributed by atoms with E-state index in [1.54, 1.807) is 24.5 Å². The van der Waals surface area contributed by atoms with Gasteiger partial charge in [0, 0.05) is 23.6 Å². The van der Waals surface area contributed by atoms with Gasteiger partial charge in [0.05, 0.1) is 0 Å². The van der Waals surface area contributed by atoms with Crippen molar-refractivity contribution in [1.29, 1.82) is 0 Å². The summed E-state index contributed by atoms with van der Waals surface area (Å²) in [6.45, 7) is 1.84. The highest BCUT2D eigenvalue weighted by Gasteiger charge is 2.08. The molecule has 1 aromatic carbocycles. The number of aromatic amines is 1. The number of imidazole rings is 1. The summed E-state index contributed by atoms with van der Waals surface area (Å²) in [5.41, 5.74) is 7.40. The molecule has 0 spiro atoms. The van der Waals surface area contributed by atoms with E-state index in [9.17, 15) is 4.79 Å². The number of hydrogen-bond donors (Lipinski definition) is 3. The fourth-order valence-corrected chi connectivity index (χ4v) is 1.50. The topological polar surface area (TPSA) is 83.8 Å². The average molecular weight is 216 g/mol. The largest absolute Gasteiger partial charge is 0.366 e. The molecule has 0 bridgehead atoms. The van der Waals surface area contributed by atoms with Gasteiger partial charge in [-0.2, -0.15) is 0 Å². The Morgan fingerprint density at radius 2 is 2.31 bits per heavy atom. The summed E-state index contributed by atoms with van der Waals surface area (Å²) in [5.74, 6) is 0.199. The summed E-state index contributed by atoms with van der Waals surface area (Å²) in [6, 6.07) is 5.34. The van der Waals surface area contributed by atoms with Crippen molar-refractivity contribution in [1.82, 2.24) is 9.97 Å². The third-order valence-electron chi connectivity index (χ3n) is 2.35. The van der Waals surface area contributed by atoms with Crippen LogP contribution in [0.2, 0.25) is 0 Å². The molecule has 1 amide bonds. The number of nitrogens with two attached hydrogens (primary N) is 1. The van der Waals surface area contributed by atoms with Crippen molar-refractivity contribution in [3.8, 4) is 0 Å². The van der Waals surface area contributed by atoms with Crippen LogP contribution in [-0.2, 0) is 0 Å². The van der Waals surface area contributed by atoms with Crippen molar-refractivity contribution in [2.45, 2.75) is 6.92 Å². The Balaban J connectivity index is 2.35. The number of aromatic nitrogens is 2. The van der Waals surface area contributed by atoms with Gasteiger partial charge >= 0.3 is 0 Å². The number of nitrogens with one attached hydrogen (secondary N) is 2. The van der Waals surface area contributed by atoms with E-state index in [1.807, 2.05) is 13.0 Å². The van der Waals surface area contributed by atoms with E-state index < -0.39 is 5.91 Å². The van der Waals surface area contributed by atoms with Gasteiger partial charge in [-0.15, -0.1) is 0 Å². The number of primary amides is 1. The molecule has 16 heavy (non-hydrogen) atoms. The number of hydrogen-bond acceptors (Lipinski definition) is 3. The number of carbonyl (C=O) groups is 1. The lowest BCUT2D eigenvalue weighted by molar-refractivity contribution is 0.1000. The average Bonchev–Trinajstić information content (AvgIpc) is 2.73. The molecule has 0 aliphatic carbocycles. The maximum atomic E-state index is 11.1. The van der Waals surface area contributed by atoms with E-state index in [0.29, 0.717) is 11.5 Å². The highest BCUT2D eigenvalue weighted by Crippen LogP contribution is 2.20. The molecule has 1 heterocycles. The van der Waals surface area contributed by atoms with Gasteiger partial charge in [0.1, 0.15) is 0 Å². The van der Waals surface area contributed by atoms with Crippen molar-refractivity contribution in [3.63, 3.8) is 0 Å². The van der Waals surface area contributed by atoms with Gasteiger partial charge in [-0.25, -0.2) is 4.98 Å². The summed E-state index contributed by atoms with van der Waals surface area (Å²) >= 11 is 0. The number of nitrogens with zero attached hydrogens (tertiary/aromatic N) is 1. The molecule has 2 aromatic rings. The second-order valence-corrected chi connectivity index (χ2v) is 3.41. The number of H-pyrrole nitrogens is 1. The van der Waals surface area contributed by atoms with Crippen LogP contribution in [0.1, 0.15) is 15.9 Å². The predicted octanol–water partition coefficient (Wildman–Crippen LogP) is 1.56. The van der Waals surface area contributed by atoms with Crippen LogP contribution >= 0.6 is 0 Å². The van der Waals surface area contributed by atoms with Crippen LogP contribution in [0.3, 0.4) is 0 Å². The fourth-order valence-electron chi connectivity index (χ4n) is 1.50. The smallest absolute Gasteiger partial charge is 0.249 e. The van der Waals surface area contributed by atoms with E-state index in [2.05, 4.69) is 15.3 Å². The van der Waals surface area contributed by atoms with Crippen LogP contribution in [-0.4, -0.2) is 15.9 Å². The molecule has 5 heteroatoms. The lowest BCUT2D eigenvalue weighted by Crippen LogP contribution is -2.13. The summed E-state index contributed by atoms with van der Waals surface area (Å²) in [7, 11) is 0. The molecule has 5 nitrogen and oxygen atoms in total. The van der Waals surface area contributed by atoms with Crippen LogP contribution < -0.4 is 11.1 Å². The monoisotopic (exact) mass is 216 g/mol. The van der Waals surface area contributed by atoms with Gasteiger partial charge in [-0.1, -0.05) is 6.07 Å². The maximum absolute atomic E-state index is 11.1. The number of rotatable bonds is 3. The molecule has 2 rings (SSSR count). The van der Waals surface area contributed by atoms with Crippen LogP contribution in [0.5, 0.6) is 0 Å². The molecular weight excluding hydrogens is 204 g/mol. The third-order valence-corrected chi connectivity index (χ3v) is 2.35. The fraction of sp³-hybridized carbons (Fsp3) is 0.0909. The minimum absolute atomic E-state index is 0.430. The first kappa shape index (κ1) is 10.2. The molecule has 82 valence electrons. The summed E-state index contributed by atoms with van der Waals surface area (Å²) in [4.78, 5) is 18.1. The van der Waals surface area contributed by atoms with E-state index in [1.165, 1.54) is 0 Å². The summed E-state index contributed by atoms with van der Waals surface area (Å²) < 4.78 is 0. The Morgan fingerprint density at radius 3 is 2.94 bits per heavy atom. The minimum atomic E-state index is -0.430. The molecule has 0 aliphatic heterocycles. The number of amides is 1. The first-order valence-electron chi connectivity index (χ1n) is 4.84. The first-order chi connectivity index (χ1) is 7.68. The van der Waals surface area contributed by atoms with E-state index in [0.717, 1.165) is 11.3 Å². The van der Waals surface area contributed by atoms with E-state index >= 15 is 0 Å². The van der Waals surface area contributed by atoms with Crippen LogP contribution in [0.15, 0.2) is 30.6 Å². The Labute approximate surface area is 92.7 Å². The quantitative estimate of drug-likeness (QED) is 0.728.